The molecule has 19 heavy (non-hydrogen) atoms. The van der Waals surface area contributed by atoms with E-state index in [-0.39, 0.29) is 0 Å². The fourth-order valence-corrected chi connectivity index (χ4v) is 3.36. The summed E-state index contributed by atoms with van der Waals surface area (Å²) in [5.41, 5.74) is 3.22. The molecule has 1 aromatic heterocycles. The molecular weight excluding hydrogens is 232 g/mol. The van der Waals surface area contributed by atoms with Gasteiger partial charge in [0, 0.05) is 23.1 Å². The molecule has 0 radical (unpaired) electrons. The number of H-pyrrole nitrogens is 1. The van der Waals surface area contributed by atoms with Crippen LogP contribution in [0.25, 0.3) is 10.9 Å². The molecule has 1 aliphatic carbocycles. The summed E-state index contributed by atoms with van der Waals surface area (Å²) >= 11 is 0. The van der Waals surface area contributed by atoms with E-state index in [4.69, 9.17) is 0 Å². The van der Waals surface area contributed by atoms with E-state index >= 15 is 0 Å². The van der Waals surface area contributed by atoms with Crippen molar-refractivity contribution in [3.8, 4) is 0 Å². The monoisotopic (exact) mass is 256 g/mol. The van der Waals surface area contributed by atoms with Gasteiger partial charge in [-0.1, -0.05) is 32.0 Å². The fourth-order valence-electron chi connectivity index (χ4n) is 3.36. The third kappa shape index (κ3) is 2.84. The highest BCUT2D eigenvalue weighted by atomic mass is 14.9. The van der Waals surface area contributed by atoms with Gasteiger partial charge in [-0.25, -0.2) is 0 Å². The fraction of sp³-hybridized carbons (Fsp3) is 0.529. The van der Waals surface area contributed by atoms with Gasteiger partial charge in [-0.2, -0.15) is 0 Å². The zero-order valence-electron chi connectivity index (χ0n) is 12.0. The van der Waals surface area contributed by atoms with Crippen LogP contribution in [0.2, 0.25) is 0 Å². The molecule has 1 aliphatic rings. The molecule has 2 nitrogen and oxygen atoms in total. The average molecular weight is 256 g/mol. The highest BCUT2D eigenvalue weighted by Gasteiger charge is 2.30. The summed E-state index contributed by atoms with van der Waals surface area (Å²) in [6.45, 7) is 5.85. The predicted molar refractivity (Wildman–Crippen MR) is 81.4 cm³/mol. The van der Waals surface area contributed by atoms with E-state index in [1.807, 2.05) is 0 Å². The smallest absolute Gasteiger partial charge is 0.0456 e. The number of aromatic nitrogens is 1. The van der Waals surface area contributed by atoms with Gasteiger partial charge in [-0.05, 0) is 49.3 Å². The molecular formula is C17H24N2. The normalized spacial score (nSPS) is 22.1. The van der Waals surface area contributed by atoms with Gasteiger partial charge >= 0.3 is 0 Å². The van der Waals surface area contributed by atoms with Crippen LogP contribution in [-0.2, 0) is 6.42 Å². The number of rotatable bonds is 4. The second-order valence-corrected chi connectivity index (χ2v) is 6.67. The Hall–Kier alpha value is -1.28. The first-order valence-electron chi connectivity index (χ1n) is 7.42. The Morgan fingerprint density at radius 2 is 2.16 bits per heavy atom. The summed E-state index contributed by atoms with van der Waals surface area (Å²) in [4.78, 5) is 3.35. The molecule has 1 fully saturated rings. The van der Waals surface area contributed by atoms with Crippen molar-refractivity contribution < 1.29 is 0 Å². The van der Waals surface area contributed by atoms with Gasteiger partial charge in [0.05, 0.1) is 0 Å². The number of aromatic amines is 1. The van der Waals surface area contributed by atoms with Crippen LogP contribution in [0.3, 0.4) is 0 Å². The number of para-hydroxylation sites is 1. The highest BCUT2D eigenvalue weighted by Crippen LogP contribution is 2.36. The molecule has 2 N–H and O–H groups in total. The van der Waals surface area contributed by atoms with Gasteiger partial charge in [0.15, 0.2) is 0 Å². The second-order valence-electron chi connectivity index (χ2n) is 6.67. The van der Waals surface area contributed by atoms with Crippen molar-refractivity contribution in [1.82, 2.24) is 10.3 Å². The van der Waals surface area contributed by atoms with Gasteiger partial charge in [-0.3, -0.25) is 0 Å². The summed E-state index contributed by atoms with van der Waals surface area (Å²) in [5, 5.41) is 5.10. The second kappa shape index (κ2) is 5.01. The molecule has 0 aliphatic heterocycles. The van der Waals surface area contributed by atoms with Gasteiger partial charge in [0.25, 0.3) is 0 Å². The van der Waals surface area contributed by atoms with E-state index in [9.17, 15) is 0 Å². The lowest BCUT2D eigenvalue weighted by Gasteiger charge is -2.17. The first-order chi connectivity index (χ1) is 9.14. The molecule has 0 saturated heterocycles. The topological polar surface area (TPSA) is 27.8 Å². The van der Waals surface area contributed by atoms with E-state index in [0.29, 0.717) is 5.41 Å². The molecule has 2 heteroatoms. The van der Waals surface area contributed by atoms with Crippen molar-refractivity contribution in [2.24, 2.45) is 5.41 Å². The van der Waals surface area contributed by atoms with Crippen LogP contribution in [0.4, 0.5) is 0 Å². The predicted octanol–water partition coefficient (Wildman–Crippen LogP) is 3.88. The number of hydrogen-bond donors (Lipinski definition) is 2. The molecule has 0 amide bonds. The van der Waals surface area contributed by atoms with Crippen molar-refractivity contribution in [1.29, 1.82) is 0 Å². The van der Waals surface area contributed by atoms with Crippen molar-refractivity contribution in [2.75, 3.05) is 6.54 Å². The maximum absolute atomic E-state index is 3.73. The number of benzene rings is 1. The summed E-state index contributed by atoms with van der Waals surface area (Å²) in [7, 11) is 0. The number of fused-ring (bicyclic) bond motifs is 1. The van der Waals surface area contributed by atoms with Crippen LogP contribution in [-0.4, -0.2) is 17.6 Å². The van der Waals surface area contributed by atoms with E-state index in [1.54, 1.807) is 0 Å². The van der Waals surface area contributed by atoms with Crippen LogP contribution in [0.1, 0.15) is 38.7 Å². The summed E-state index contributed by atoms with van der Waals surface area (Å²) in [5.74, 6) is 0. The summed E-state index contributed by atoms with van der Waals surface area (Å²) in [6.07, 6.45) is 7.28. The lowest BCUT2D eigenvalue weighted by atomic mass is 9.92. The third-order valence-corrected chi connectivity index (χ3v) is 4.47. The molecule has 1 aromatic carbocycles. The first-order valence-corrected chi connectivity index (χ1v) is 7.42. The van der Waals surface area contributed by atoms with Crippen LogP contribution < -0.4 is 5.32 Å². The standard InChI is InChI=1S/C17H24N2/c1-17(2)9-7-14(11-17)18-10-8-13-12-19-16-6-4-3-5-15(13)16/h3-6,12,14,18-19H,7-11H2,1-2H3. The molecule has 102 valence electrons. The summed E-state index contributed by atoms with van der Waals surface area (Å²) < 4.78 is 0. The minimum atomic E-state index is 0.540. The zero-order valence-corrected chi connectivity index (χ0v) is 12.0. The third-order valence-electron chi connectivity index (χ3n) is 4.47. The van der Waals surface area contributed by atoms with Crippen LogP contribution in [0.5, 0.6) is 0 Å². The Morgan fingerprint density at radius 1 is 1.32 bits per heavy atom. The summed E-state index contributed by atoms with van der Waals surface area (Å²) in [6, 6.07) is 9.28. The largest absolute Gasteiger partial charge is 0.361 e. The zero-order chi connectivity index (χ0) is 13.3. The lowest BCUT2D eigenvalue weighted by Crippen LogP contribution is -2.29. The Morgan fingerprint density at radius 3 is 2.95 bits per heavy atom. The molecule has 1 unspecified atom stereocenters. The first kappa shape index (κ1) is 12.7. The van der Waals surface area contributed by atoms with Crippen molar-refractivity contribution >= 4 is 10.9 Å². The number of nitrogens with one attached hydrogen (secondary N) is 2. The lowest BCUT2D eigenvalue weighted by molar-refractivity contribution is 0.365. The van der Waals surface area contributed by atoms with E-state index in [2.05, 4.69) is 54.6 Å². The molecule has 1 heterocycles. The van der Waals surface area contributed by atoms with E-state index in [0.717, 1.165) is 19.0 Å². The highest BCUT2D eigenvalue weighted by molar-refractivity contribution is 5.83. The van der Waals surface area contributed by atoms with E-state index < -0.39 is 0 Å². The number of hydrogen-bond acceptors (Lipinski definition) is 1. The van der Waals surface area contributed by atoms with Crippen LogP contribution >= 0.6 is 0 Å². The van der Waals surface area contributed by atoms with Crippen molar-refractivity contribution in [2.45, 2.75) is 45.6 Å². The Bertz CT molecular complexity index is 553. The average Bonchev–Trinajstić information content (AvgIpc) is 2.94. The van der Waals surface area contributed by atoms with E-state index in [1.165, 1.54) is 35.7 Å². The Kier molecular flexibility index (Phi) is 3.36. The van der Waals surface area contributed by atoms with Crippen molar-refractivity contribution in [3.63, 3.8) is 0 Å². The minimum absolute atomic E-state index is 0.540. The van der Waals surface area contributed by atoms with Gasteiger partial charge in [0.1, 0.15) is 0 Å². The maximum atomic E-state index is 3.73. The van der Waals surface area contributed by atoms with Crippen molar-refractivity contribution in [3.05, 3.63) is 36.0 Å². The van der Waals surface area contributed by atoms with Gasteiger partial charge < -0.3 is 10.3 Å². The van der Waals surface area contributed by atoms with Gasteiger partial charge in [-0.15, -0.1) is 0 Å². The Balaban J connectivity index is 1.55. The minimum Gasteiger partial charge on any atom is -0.361 e. The molecule has 1 saturated carbocycles. The van der Waals surface area contributed by atoms with Crippen LogP contribution in [0.15, 0.2) is 30.5 Å². The maximum Gasteiger partial charge on any atom is 0.0456 e. The SMILES string of the molecule is CC1(C)CCC(NCCc2c[nH]c3ccccc23)C1. The Labute approximate surface area is 115 Å². The quantitative estimate of drug-likeness (QED) is 0.853. The molecule has 2 aromatic rings. The molecule has 0 spiro atoms. The van der Waals surface area contributed by atoms with Gasteiger partial charge in [0.2, 0.25) is 0 Å². The molecule has 0 bridgehead atoms. The molecule has 3 rings (SSSR count). The molecule has 1 atom stereocenters. The van der Waals surface area contributed by atoms with Crippen LogP contribution in [0, 0.1) is 5.41 Å².